The second-order valence-corrected chi connectivity index (χ2v) is 9.55. The van der Waals surface area contributed by atoms with Crippen LogP contribution in [-0.2, 0) is 14.8 Å². The summed E-state index contributed by atoms with van der Waals surface area (Å²) in [6.07, 6.45) is 2.72. The number of rotatable bonds is 11. The molecule has 0 heterocycles. The molecule has 2 aromatic carbocycles. The highest BCUT2D eigenvalue weighted by Crippen LogP contribution is 2.29. The van der Waals surface area contributed by atoms with Crippen LogP contribution in [0.25, 0.3) is 0 Å². The summed E-state index contributed by atoms with van der Waals surface area (Å²) in [6, 6.07) is 10.6. The lowest BCUT2D eigenvalue weighted by molar-refractivity contribution is 0.0915. The highest BCUT2D eigenvalue weighted by molar-refractivity contribution is 7.89. The monoisotopic (exact) mass is 490 g/mol. The number of nitrogens with two attached hydrogens (primary N) is 1. The molecule has 0 aromatic heterocycles. The van der Waals surface area contributed by atoms with Gasteiger partial charge < -0.3 is 25.3 Å². The standard InChI is InChI=1S/C23H30N4O6S/c1-16(15-31-5)32-19-12-17(23(28)26-22(24)10-11-25-2)13-20(14-19)33-18-6-8-21(9-7-18)34(29,30)27(3)4/h6-14,16,25H,15H2,1-5H3,(H2,24,26,28)/b11-10-/t16-/m0/s1. The average Bonchev–Trinajstić information content (AvgIpc) is 2.77. The number of carbonyl (C=O) groups excluding carboxylic acids is 1. The minimum absolute atomic E-state index is 0.0265. The predicted octanol–water partition coefficient (Wildman–Crippen LogP) is 2.37. The van der Waals surface area contributed by atoms with Crippen molar-refractivity contribution in [3.05, 3.63) is 60.3 Å². The lowest BCUT2D eigenvalue weighted by atomic mass is 10.2. The number of aliphatic imine (C=N–C) groups is 1. The van der Waals surface area contributed by atoms with E-state index in [0.717, 1.165) is 4.31 Å². The second-order valence-electron chi connectivity index (χ2n) is 7.40. The zero-order valence-electron chi connectivity index (χ0n) is 19.8. The molecule has 0 aliphatic rings. The third-order valence-corrected chi connectivity index (χ3v) is 6.18. The van der Waals surface area contributed by atoms with Gasteiger partial charge in [-0.25, -0.2) is 12.7 Å². The molecule has 10 nitrogen and oxygen atoms in total. The van der Waals surface area contributed by atoms with Crippen molar-refractivity contribution in [3.63, 3.8) is 0 Å². The van der Waals surface area contributed by atoms with Crippen LogP contribution in [0.4, 0.5) is 0 Å². The lowest BCUT2D eigenvalue weighted by Gasteiger charge is -2.16. The van der Waals surface area contributed by atoms with Gasteiger partial charge in [-0.05, 0) is 55.6 Å². The molecule has 184 valence electrons. The van der Waals surface area contributed by atoms with E-state index in [4.69, 9.17) is 19.9 Å². The van der Waals surface area contributed by atoms with E-state index < -0.39 is 15.9 Å². The zero-order chi connectivity index (χ0) is 25.3. The molecule has 0 saturated carbocycles. The molecule has 0 bridgehead atoms. The Kier molecular flexibility index (Phi) is 9.60. The molecule has 2 aromatic rings. The Bertz CT molecular complexity index is 1140. The maximum absolute atomic E-state index is 12.7. The molecule has 0 aliphatic carbocycles. The van der Waals surface area contributed by atoms with Gasteiger partial charge in [0, 0.05) is 39.9 Å². The van der Waals surface area contributed by atoms with Gasteiger partial charge in [0.15, 0.2) is 0 Å². The first-order chi connectivity index (χ1) is 16.1. The Labute approximate surface area is 200 Å². The van der Waals surface area contributed by atoms with Gasteiger partial charge in [0.1, 0.15) is 29.2 Å². The number of amides is 1. The summed E-state index contributed by atoms with van der Waals surface area (Å²) in [5, 5.41) is 2.77. The number of amidine groups is 1. The highest BCUT2D eigenvalue weighted by Gasteiger charge is 2.17. The summed E-state index contributed by atoms with van der Waals surface area (Å²) < 4.78 is 42.5. The van der Waals surface area contributed by atoms with Crippen LogP contribution in [0.1, 0.15) is 17.3 Å². The fourth-order valence-corrected chi connectivity index (χ4v) is 3.64. The van der Waals surface area contributed by atoms with Crippen molar-refractivity contribution in [2.24, 2.45) is 10.7 Å². The van der Waals surface area contributed by atoms with Crippen LogP contribution in [0, 0.1) is 0 Å². The summed E-state index contributed by atoms with van der Waals surface area (Å²) in [7, 11) is 2.60. The number of ether oxygens (including phenoxy) is 3. The molecule has 1 amide bonds. The second kappa shape index (κ2) is 12.2. The topological polar surface area (TPSA) is 133 Å². The minimum atomic E-state index is -3.56. The molecule has 2 rings (SSSR count). The number of benzene rings is 2. The number of hydrogen-bond acceptors (Lipinski definition) is 7. The largest absolute Gasteiger partial charge is 0.488 e. The van der Waals surface area contributed by atoms with Gasteiger partial charge in [0.05, 0.1) is 11.5 Å². The molecule has 34 heavy (non-hydrogen) atoms. The van der Waals surface area contributed by atoms with Gasteiger partial charge in [-0.2, -0.15) is 4.99 Å². The fourth-order valence-electron chi connectivity index (χ4n) is 2.74. The number of nitrogens with zero attached hydrogens (tertiary/aromatic N) is 2. The quantitative estimate of drug-likeness (QED) is 0.362. The van der Waals surface area contributed by atoms with Crippen molar-refractivity contribution in [1.82, 2.24) is 9.62 Å². The maximum atomic E-state index is 12.7. The first kappa shape index (κ1) is 26.8. The number of hydrogen-bond donors (Lipinski definition) is 2. The summed E-state index contributed by atoms with van der Waals surface area (Å²) in [5.41, 5.74) is 5.96. The van der Waals surface area contributed by atoms with Crippen LogP contribution in [0.3, 0.4) is 0 Å². The predicted molar refractivity (Wildman–Crippen MR) is 130 cm³/mol. The van der Waals surface area contributed by atoms with Crippen molar-refractivity contribution >= 4 is 21.8 Å². The van der Waals surface area contributed by atoms with Crippen LogP contribution in [0.5, 0.6) is 17.2 Å². The van der Waals surface area contributed by atoms with Gasteiger partial charge in [-0.1, -0.05) is 0 Å². The van der Waals surface area contributed by atoms with E-state index in [1.807, 2.05) is 6.92 Å². The first-order valence-electron chi connectivity index (χ1n) is 10.3. The number of nitrogens with one attached hydrogen (secondary N) is 1. The van der Waals surface area contributed by atoms with Crippen molar-refractivity contribution in [1.29, 1.82) is 0 Å². The van der Waals surface area contributed by atoms with E-state index in [2.05, 4.69) is 10.3 Å². The number of methoxy groups -OCH3 is 1. The Balaban J connectivity index is 2.37. The average molecular weight is 491 g/mol. The van der Waals surface area contributed by atoms with E-state index >= 15 is 0 Å². The molecular formula is C23H30N4O6S. The van der Waals surface area contributed by atoms with E-state index in [9.17, 15) is 13.2 Å². The lowest BCUT2D eigenvalue weighted by Crippen LogP contribution is -2.22. The number of carbonyl (C=O) groups is 1. The van der Waals surface area contributed by atoms with Crippen LogP contribution in [0.2, 0.25) is 0 Å². The van der Waals surface area contributed by atoms with Gasteiger partial charge in [0.25, 0.3) is 5.91 Å². The van der Waals surface area contributed by atoms with Crippen molar-refractivity contribution < 1.29 is 27.4 Å². The van der Waals surface area contributed by atoms with E-state index in [1.165, 1.54) is 56.6 Å². The molecule has 0 radical (unpaired) electrons. The van der Waals surface area contributed by atoms with Crippen LogP contribution in [-0.4, -0.2) is 65.4 Å². The molecule has 11 heteroatoms. The Morgan fingerprint density at radius 1 is 1.15 bits per heavy atom. The van der Waals surface area contributed by atoms with Gasteiger partial charge in [-0.3, -0.25) is 4.79 Å². The molecule has 0 saturated heterocycles. The molecule has 3 N–H and O–H groups in total. The van der Waals surface area contributed by atoms with Gasteiger partial charge >= 0.3 is 0 Å². The van der Waals surface area contributed by atoms with Crippen molar-refractivity contribution in [3.8, 4) is 17.2 Å². The minimum Gasteiger partial charge on any atom is -0.488 e. The van der Waals surface area contributed by atoms with Crippen LogP contribution < -0.4 is 20.5 Å². The van der Waals surface area contributed by atoms with Crippen molar-refractivity contribution in [2.75, 3.05) is 34.9 Å². The molecule has 0 fully saturated rings. The molecule has 1 atom stereocenters. The van der Waals surface area contributed by atoms with E-state index in [1.54, 1.807) is 26.4 Å². The van der Waals surface area contributed by atoms with Gasteiger partial charge in [0.2, 0.25) is 10.0 Å². The Morgan fingerprint density at radius 3 is 2.38 bits per heavy atom. The third kappa shape index (κ3) is 7.58. The molecule has 0 unspecified atom stereocenters. The summed E-state index contributed by atoms with van der Waals surface area (Å²) in [4.78, 5) is 16.7. The third-order valence-electron chi connectivity index (χ3n) is 4.36. The summed E-state index contributed by atoms with van der Waals surface area (Å²) in [5.74, 6) is 0.488. The zero-order valence-corrected chi connectivity index (χ0v) is 20.6. The molecule has 0 aliphatic heterocycles. The SMILES string of the molecule is CN/C=C\C(N)=NC(=O)c1cc(Oc2ccc(S(=O)(=O)N(C)C)cc2)cc(O[C@@H](C)COC)c1. The molecule has 0 spiro atoms. The molecular weight excluding hydrogens is 460 g/mol. The summed E-state index contributed by atoms with van der Waals surface area (Å²) >= 11 is 0. The van der Waals surface area contributed by atoms with E-state index in [-0.39, 0.29) is 22.4 Å². The summed E-state index contributed by atoms with van der Waals surface area (Å²) in [6.45, 7) is 2.16. The van der Waals surface area contributed by atoms with Crippen molar-refractivity contribution in [2.45, 2.75) is 17.9 Å². The van der Waals surface area contributed by atoms with Crippen LogP contribution >= 0.6 is 0 Å². The Hall–Kier alpha value is -3.41. The van der Waals surface area contributed by atoms with Crippen LogP contribution in [0.15, 0.2) is 64.6 Å². The Morgan fingerprint density at radius 2 is 1.79 bits per heavy atom. The maximum Gasteiger partial charge on any atom is 0.279 e. The smallest absolute Gasteiger partial charge is 0.279 e. The number of sulfonamides is 1. The highest BCUT2D eigenvalue weighted by atomic mass is 32.2. The van der Waals surface area contributed by atoms with E-state index in [0.29, 0.717) is 23.9 Å². The van der Waals surface area contributed by atoms with Gasteiger partial charge in [-0.15, -0.1) is 0 Å². The fraction of sp³-hybridized carbons (Fsp3) is 0.304. The normalized spacial score (nSPS) is 13.2. The first-order valence-corrected chi connectivity index (χ1v) is 11.7.